The number of carbonyl (C=O) groups excluding carboxylic acids is 1. The quantitative estimate of drug-likeness (QED) is 0.817. The van der Waals surface area contributed by atoms with Crippen molar-refractivity contribution < 1.29 is 33.6 Å². The molecule has 2 heterocycles. The van der Waals surface area contributed by atoms with Gasteiger partial charge in [0.15, 0.2) is 18.7 Å². The second kappa shape index (κ2) is 7.62. The van der Waals surface area contributed by atoms with Gasteiger partial charge in [-0.05, 0) is 20.8 Å². The van der Waals surface area contributed by atoms with E-state index in [0.29, 0.717) is 0 Å². The highest BCUT2D eigenvalue weighted by molar-refractivity contribution is 5.75. The summed E-state index contributed by atoms with van der Waals surface area (Å²) in [7, 11) is 1.42. The summed E-state index contributed by atoms with van der Waals surface area (Å²) in [4.78, 5) is 12.4. The van der Waals surface area contributed by atoms with E-state index >= 15 is 0 Å². The third-order valence-electron chi connectivity index (χ3n) is 4.47. The second-order valence-corrected chi connectivity index (χ2v) is 7.57. The van der Waals surface area contributed by atoms with Crippen LogP contribution in [-0.2, 0) is 28.5 Å². The molecule has 3 rings (SSSR count). The Morgan fingerprint density at radius 1 is 1.19 bits per heavy atom. The summed E-state index contributed by atoms with van der Waals surface area (Å²) in [6, 6.07) is 9.45. The first kappa shape index (κ1) is 19.3. The van der Waals surface area contributed by atoms with Crippen molar-refractivity contribution in [1.82, 2.24) is 0 Å². The second-order valence-electron chi connectivity index (χ2n) is 7.57. The van der Waals surface area contributed by atoms with E-state index in [4.69, 9.17) is 23.7 Å². The first-order valence-corrected chi connectivity index (χ1v) is 8.70. The van der Waals surface area contributed by atoms with Crippen LogP contribution in [0, 0.1) is 5.41 Å². The SMILES string of the molecule is CO[C@@H]1O[C@@H]2COC(c3ccccc3)O[C@H]2[C@H](OC(=O)C(C)(C)C)[C@H]1O. The minimum absolute atomic E-state index is 0.236. The van der Waals surface area contributed by atoms with Crippen molar-refractivity contribution in [3.05, 3.63) is 35.9 Å². The Morgan fingerprint density at radius 2 is 1.88 bits per heavy atom. The highest BCUT2D eigenvalue weighted by Crippen LogP contribution is 2.36. The van der Waals surface area contributed by atoms with Crippen LogP contribution in [0.5, 0.6) is 0 Å². The highest BCUT2D eigenvalue weighted by Gasteiger charge is 2.52. The standard InChI is InChI=1S/C19H26O7/c1-19(2,3)18(21)26-15-13(20)17(22-4)24-12-10-23-16(25-14(12)15)11-8-6-5-7-9-11/h5-9,12-17,20H,10H2,1-4H3/t12-,13-,14-,15-,16?,17-/m1/s1. The molecule has 0 bridgehead atoms. The minimum atomic E-state index is -1.16. The van der Waals surface area contributed by atoms with E-state index < -0.39 is 48.4 Å². The van der Waals surface area contributed by atoms with Crippen LogP contribution < -0.4 is 0 Å². The number of benzene rings is 1. The van der Waals surface area contributed by atoms with E-state index in [2.05, 4.69) is 0 Å². The van der Waals surface area contributed by atoms with Gasteiger partial charge < -0.3 is 28.8 Å². The van der Waals surface area contributed by atoms with E-state index in [1.165, 1.54) is 7.11 Å². The number of methoxy groups -OCH3 is 1. The van der Waals surface area contributed by atoms with Crippen molar-refractivity contribution in [2.75, 3.05) is 13.7 Å². The molecule has 1 aromatic rings. The van der Waals surface area contributed by atoms with Gasteiger partial charge in [0.05, 0.1) is 12.0 Å². The van der Waals surface area contributed by atoms with Crippen LogP contribution in [0.2, 0.25) is 0 Å². The summed E-state index contributed by atoms with van der Waals surface area (Å²) >= 11 is 0. The van der Waals surface area contributed by atoms with Crippen molar-refractivity contribution in [3.8, 4) is 0 Å². The van der Waals surface area contributed by atoms with Gasteiger partial charge in [0, 0.05) is 12.7 Å². The Hall–Kier alpha value is -1.51. The zero-order valence-electron chi connectivity index (χ0n) is 15.5. The highest BCUT2D eigenvalue weighted by atomic mass is 16.8. The molecule has 1 unspecified atom stereocenters. The molecular formula is C19H26O7. The summed E-state index contributed by atoms with van der Waals surface area (Å²) in [5.74, 6) is -0.427. The smallest absolute Gasteiger partial charge is 0.311 e. The summed E-state index contributed by atoms with van der Waals surface area (Å²) in [6.45, 7) is 5.50. The van der Waals surface area contributed by atoms with Crippen molar-refractivity contribution in [2.24, 2.45) is 5.41 Å². The Labute approximate surface area is 153 Å². The molecule has 144 valence electrons. The maximum Gasteiger partial charge on any atom is 0.311 e. The number of rotatable bonds is 3. The fraction of sp³-hybridized carbons (Fsp3) is 0.632. The van der Waals surface area contributed by atoms with Gasteiger partial charge in [-0.1, -0.05) is 30.3 Å². The Kier molecular flexibility index (Phi) is 5.64. The molecule has 2 aliphatic heterocycles. The molecule has 0 saturated carbocycles. The number of aliphatic hydroxyl groups excluding tert-OH is 1. The van der Waals surface area contributed by atoms with E-state index in [0.717, 1.165) is 5.56 Å². The first-order chi connectivity index (χ1) is 12.3. The molecule has 26 heavy (non-hydrogen) atoms. The first-order valence-electron chi connectivity index (χ1n) is 8.70. The summed E-state index contributed by atoms with van der Waals surface area (Å²) in [5, 5.41) is 10.6. The molecule has 2 fully saturated rings. The van der Waals surface area contributed by atoms with Gasteiger partial charge in [0.25, 0.3) is 0 Å². The fourth-order valence-corrected chi connectivity index (χ4v) is 2.97. The van der Waals surface area contributed by atoms with Crippen molar-refractivity contribution in [1.29, 1.82) is 0 Å². The Balaban J connectivity index is 1.82. The van der Waals surface area contributed by atoms with E-state index in [1.54, 1.807) is 20.8 Å². The molecule has 7 heteroatoms. The zero-order chi connectivity index (χ0) is 18.9. The van der Waals surface area contributed by atoms with Gasteiger partial charge in [0.1, 0.15) is 18.3 Å². The van der Waals surface area contributed by atoms with E-state index in [9.17, 15) is 9.90 Å². The van der Waals surface area contributed by atoms with E-state index in [-0.39, 0.29) is 6.61 Å². The van der Waals surface area contributed by atoms with Crippen LogP contribution in [0.4, 0.5) is 0 Å². The minimum Gasteiger partial charge on any atom is -0.456 e. The van der Waals surface area contributed by atoms with Crippen LogP contribution in [-0.4, -0.2) is 55.5 Å². The monoisotopic (exact) mass is 366 g/mol. The van der Waals surface area contributed by atoms with Crippen LogP contribution >= 0.6 is 0 Å². The average molecular weight is 366 g/mol. The number of aliphatic hydroxyl groups is 1. The number of hydrogen-bond donors (Lipinski definition) is 1. The normalized spacial score (nSPS) is 34.8. The van der Waals surface area contributed by atoms with Gasteiger partial charge in [-0.3, -0.25) is 4.79 Å². The summed E-state index contributed by atoms with van der Waals surface area (Å²) in [6.07, 6.45) is -4.80. The molecule has 0 aliphatic carbocycles. The molecule has 0 amide bonds. The lowest BCUT2D eigenvalue weighted by atomic mass is 9.94. The average Bonchev–Trinajstić information content (AvgIpc) is 2.63. The molecule has 2 aliphatic rings. The lowest BCUT2D eigenvalue weighted by molar-refractivity contribution is -0.359. The maximum absolute atomic E-state index is 12.4. The number of fused-ring (bicyclic) bond motifs is 1. The molecule has 7 nitrogen and oxygen atoms in total. The third-order valence-corrected chi connectivity index (χ3v) is 4.47. The summed E-state index contributed by atoms with van der Waals surface area (Å²) in [5.41, 5.74) is 0.135. The number of ether oxygens (including phenoxy) is 5. The molecule has 6 atom stereocenters. The number of hydrogen-bond acceptors (Lipinski definition) is 7. The Bertz CT molecular complexity index is 612. The summed E-state index contributed by atoms with van der Waals surface area (Å²) < 4.78 is 28.3. The molecule has 2 saturated heterocycles. The van der Waals surface area contributed by atoms with Crippen molar-refractivity contribution >= 4 is 5.97 Å². The third kappa shape index (κ3) is 3.92. The molecule has 1 N–H and O–H groups in total. The van der Waals surface area contributed by atoms with Crippen molar-refractivity contribution in [2.45, 2.75) is 57.8 Å². The number of carbonyl (C=O) groups is 1. The van der Waals surface area contributed by atoms with E-state index in [1.807, 2.05) is 30.3 Å². The van der Waals surface area contributed by atoms with Crippen LogP contribution in [0.3, 0.4) is 0 Å². The molecule has 0 radical (unpaired) electrons. The molecule has 1 aromatic carbocycles. The molecule has 0 spiro atoms. The Morgan fingerprint density at radius 3 is 2.50 bits per heavy atom. The van der Waals surface area contributed by atoms with Crippen LogP contribution in [0.1, 0.15) is 32.6 Å². The lowest BCUT2D eigenvalue weighted by Gasteiger charge is -2.47. The van der Waals surface area contributed by atoms with Gasteiger partial charge in [-0.25, -0.2) is 0 Å². The predicted molar refractivity (Wildman–Crippen MR) is 91.0 cm³/mol. The van der Waals surface area contributed by atoms with Crippen LogP contribution in [0.25, 0.3) is 0 Å². The lowest BCUT2D eigenvalue weighted by Crippen LogP contribution is -2.63. The topological polar surface area (TPSA) is 83.5 Å². The molecule has 0 aromatic heterocycles. The van der Waals surface area contributed by atoms with Gasteiger partial charge >= 0.3 is 5.97 Å². The van der Waals surface area contributed by atoms with Gasteiger partial charge in [0.2, 0.25) is 0 Å². The van der Waals surface area contributed by atoms with Crippen molar-refractivity contribution in [3.63, 3.8) is 0 Å². The van der Waals surface area contributed by atoms with Crippen LogP contribution in [0.15, 0.2) is 30.3 Å². The molecular weight excluding hydrogens is 340 g/mol. The van der Waals surface area contributed by atoms with Gasteiger partial charge in [-0.2, -0.15) is 0 Å². The number of esters is 1. The largest absolute Gasteiger partial charge is 0.456 e. The predicted octanol–water partition coefficient (Wildman–Crippen LogP) is 1.79. The zero-order valence-corrected chi connectivity index (χ0v) is 15.5. The fourth-order valence-electron chi connectivity index (χ4n) is 2.97. The maximum atomic E-state index is 12.4. The van der Waals surface area contributed by atoms with Gasteiger partial charge in [-0.15, -0.1) is 0 Å².